The number of nitrogens with zero attached hydrogens (tertiary/aromatic N) is 4. The number of hydrogen-bond donors (Lipinski definition) is 5. The monoisotopic (exact) mass is 469 g/mol. The molecule has 1 unspecified atom stereocenters. The summed E-state index contributed by atoms with van der Waals surface area (Å²) in [6, 6.07) is -0.937. The molecule has 0 bridgehead atoms. The highest BCUT2D eigenvalue weighted by molar-refractivity contribution is 8.01. The molecule has 1 saturated heterocycles. The standard InChI is InChI=1S/C15H15N7O5S3/c16-15-18-6(4-30-15)10(23)11(24)19-8-12(25)22-9(14(26)27)5(3-29-13(8)22)2-28-7-1-17-21-20-7/h1,4,8,10,13,23H,2-3H2,(H2,16,18)(H,19,24)(H,26,27)(H,17,20,21)/t8-,10?,13+/m1/s1. The summed E-state index contributed by atoms with van der Waals surface area (Å²) >= 11 is 3.75. The normalized spacial score (nSPS) is 21.8. The van der Waals surface area contributed by atoms with Crippen molar-refractivity contribution in [1.82, 2.24) is 30.6 Å². The molecule has 15 heteroatoms. The van der Waals surface area contributed by atoms with E-state index in [1.807, 2.05) is 0 Å². The number of aromatic amines is 1. The number of thioether (sulfide) groups is 2. The van der Waals surface area contributed by atoms with Crippen molar-refractivity contribution < 1.29 is 24.6 Å². The van der Waals surface area contributed by atoms with Crippen LogP contribution in [0.4, 0.5) is 5.13 Å². The zero-order valence-electron chi connectivity index (χ0n) is 15.0. The topological polar surface area (TPSA) is 187 Å². The second kappa shape index (κ2) is 8.25. The van der Waals surface area contributed by atoms with Gasteiger partial charge in [-0.05, 0) is 5.57 Å². The summed E-state index contributed by atoms with van der Waals surface area (Å²) in [5.74, 6) is -1.84. The number of thiazole rings is 1. The van der Waals surface area contributed by atoms with Crippen LogP contribution >= 0.6 is 34.9 Å². The van der Waals surface area contributed by atoms with E-state index in [9.17, 15) is 24.6 Å². The predicted molar refractivity (Wildman–Crippen MR) is 108 cm³/mol. The van der Waals surface area contributed by atoms with Gasteiger partial charge >= 0.3 is 5.97 Å². The summed E-state index contributed by atoms with van der Waals surface area (Å²) in [6.07, 6.45) is -0.0510. The molecule has 12 nitrogen and oxygen atoms in total. The van der Waals surface area contributed by atoms with E-state index >= 15 is 0 Å². The number of carboxylic acids is 1. The molecule has 4 rings (SSSR count). The number of aliphatic hydroxyl groups is 1. The number of aliphatic carboxylic acids is 1. The largest absolute Gasteiger partial charge is 0.477 e. The van der Waals surface area contributed by atoms with E-state index in [4.69, 9.17) is 5.73 Å². The van der Waals surface area contributed by atoms with Gasteiger partial charge in [-0.1, -0.05) is 5.21 Å². The van der Waals surface area contributed by atoms with Crippen molar-refractivity contribution in [3.8, 4) is 0 Å². The Balaban J connectivity index is 1.45. The minimum atomic E-state index is -1.57. The summed E-state index contributed by atoms with van der Waals surface area (Å²) in [5, 5.41) is 34.0. The first-order valence-electron chi connectivity index (χ1n) is 8.45. The van der Waals surface area contributed by atoms with Crippen LogP contribution in [-0.4, -0.2) is 76.2 Å². The number of amides is 2. The number of hydrogen-bond acceptors (Lipinski definition) is 11. The Morgan fingerprint density at radius 2 is 2.30 bits per heavy atom. The summed E-state index contributed by atoms with van der Waals surface area (Å²) in [4.78, 5) is 41.8. The Kier molecular flexibility index (Phi) is 5.68. The molecule has 2 aliphatic heterocycles. The molecular formula is C15H15N7O5S3. The van der Waals surface area contributed by atoms with Gasteiger partial charge in [-0.3, -0.25) is 19.6 Å². The highest BCUT2D eigenvalue weighted by Crippen LogP contribution is 2.41. The summed E-state index contributed by atoms with van der Waals surface area (Å²) in [6.45, 7) is 0. The average molecular weight is 470 g/mol. The zero-order valence-corrected chi connectivity index (χ0v) is 17.5. The minimum Gasteiger partial charge on any atom is -0.477 e. The third kappa shape index (κ3) is 3.76. The molecule has 0 aromatic carbocycles. The number of nitrogens with one attached hydrogen (secondary N) is 2. The van der Waals surface area contributed by atoms with Crippen LogP contribution in [0.1, 0.15) is 11.8 Å². The number of carboxylic acid groups (broad SMARTS) is 1. The Labute approximate surface area is 181 Å². The number of fused-ring (bicyclic) bond motifs is 1. The van der Waals surface area contributed by atoms with Crippen LogP contribution < -0.4 is 11.1 Å². The lowest BCUT2D eigenvalue weighted by molar-refractivity contribution is -0.151. The maximum absolute atomic E-state index is 12.6. The third-order valence-corrected chi connectivity index (χ3v) is 7.44. The van der Waals surface area contributed by atoms with E-state index in [0.717, 1.165) is 11.3 Å². The van der Waals surface area contributed by atoms with Crippen molar-refractivity contribution in [2.24, 2.45) is 0 Å². The molecule has 2 aromatic heterocycles. The van der Waals surface area contributed by atoms with E-state index in [1.165, 1.54) is 40.0 Å². The number of anilines is 1. The van der Waals surface area contributed by atoms with E-state index < -0.39 is 35.3 Å². The second-order valence-corrected chi connectivity index (χ2v) is 9.29. The second-order valence-electron chi connectivity index (χ2n) is 6.28. The Morgan fingerprint density at radius 1 is 1.50 bits per heavy atom. The molecule has 6 N–H and O–H groups in total. The molecule has 158 valence electrons. The Morgan fingerprint density at radius 3 is 2.93 bits per heavy atom. The zero-order chi connectivity index (χ0) is 21.4. The maximum atomic E-state index is 12.6. The van der Waals surface area contributed by atoms with Crippen molar-refractivity contribution in [3.05, 3.63) is 28.5 Å². The van der Waals surface area contributed by atoms with Crippen LogP contribution in [0.5, 0.6) is 0 Å². The fourth-order valence-corrected chi connectivity index (χ4v) is 5.86. The summed E-state index contributed by atoms with van der Waals surface area (Å²) < 4.78 is 0. The summed E-state index contributed by atoms with van der Waals surface area (Å²) in [5.41, 5.74) is 6.10. The number of aliphatic hydroxyl groups excluding tert-OH is 1. The molecule has 30 heavy (non-hydrogen) atoms. The van der Waals surface area contributed by atoms with Crippen LogP contribution in [0, 0.1) is 0 Å². The number of nitrogens with two attached hydrogens (primary N) is 1. The van der Waals surface area contributed by atoms with Crippen LogP contribution in [0.3, 0.4) is 0 Å². The quantitative estimate of drug-likeness (QED) is 0.257. The lowest BCUT2D eigenvalue weighted by Gasteiger charge is -2.49. The van der Waals surface area contributed by atoms with Gasteiger partial charge in [-0.25, -0.2) is 9.78 Å². The van der Waals surface area contributed by atoms with Gasteiger partial charge in [0.05, 0.1) is 11.9 Å². The molecule has 0 aliphatic carbocycles. The van der Waals surface area contributed by atoms with Crippen LogP contribution in [0.2, 0.25) is 0 Å². The van der Waals surface area contributed by atoms with Crippen LogP contribution in [0.25, 0.3) is 0 Å². The van der Waals surface area contributed by atoms with Gasteiger partial charge in [0.15, 0.2) is 11.2 Å². The van der Waals surface area contributed by atoms with Gasteiger partial charge < -0.3 is 21.3 Å². The van der Waals surface area contributed by atoms with Crippen LogP contribution in [-0.2, 0) is 14.4 Å². The van der Waals surface area contributed by atoms with E-state index in [1.54, 1.807) is 0 Å². The first-order chi connectivity index (χ1) is 14.4. The molecule has 2 aliphatic rings. The molecule has 0 saturated carbocycles. The average Bonchev–Trinajstić information content (AvgIpc) is 3.40. The Bertz CT molecular complexity index is 1020. The van der Waals surface area contributed by atoms with Crippen molar-refractivity contribution >= 4 is 57.8 Å². The number of carbonyl (C=O) groups excluding carboxylic acids is 2. The number of H-pyrrole nitrogens is 1. The summed E-state index contributed by atoms with van der Waals surface area (Å²) in [7, 11) is 0. The van der Waals surface area contributed by atoms with Gasteiger partial charge in [0.2, 0.25) is 0 Å². The van der Waals surface area contributed by atoms with E-state index in [0.29, 0.717) is 22.1 Å². The molecule has 3 atom stereocenters. The van der Waals surface area contributed by atoms with Gasteiger partial charge in [0, 0.05) is 16.9 Å². The molecule has 0 spiro atoms. The van der Waals surface area contributed by atoms with Crippen LogP contribution in [0.15, 0.2) is 27.9 Å². The van der Waals surface area contributed by atoms with Crippen molar-refractivity contribution in [1.29, 1.82) is 0 Å². The van der Waals surface area contributed by atoms with Crippen molar-refractivity contribution in [2.75, 3.05) is 17.2 Å². The SMILES string of the molecule is Nc1nc(C(O)C(=O)N[C@@H]2C(=O)N3C(C(=O)O)=C(CSc4cnn[nH]4)CS[C@@H]23)cs1. The molecular weight excluding hydrogens is 454 g/mol. The first kappa shape index (κ1) is 20.6. The molecule has 0 radical (unpaired) electrons. The fourth-order valence-electron chi connectivity index (χ4n) is 3.01. The predicted octanol–water partition coefficient (Wildman–Crippen LogP) is -0.592. The molecule has 1 fully saturated rings. The Hall–Kier alpha value is -2.62. The number of aromatic nitrogens is 4. The highest BCUT2D eigenvalue weighted by atomic mass is 32.2. The number of carbonyl (C=O) groups is 3. The van der Waals surface area contributed by atoms with Crippen molar-refractivity contribution in [2.45, 2.75) is 22.5 Å². The maximum Gasteiger partial charge on any atom is 0.352 e. The minimum absolute atomic E-state index is 0.0814. The van der Waals surface area contributed by atoms with E-state index in [-0.39, 0.29) is 16.5 Å². The lowest BCUT2D eigenvalue weighted by atomic mass is 10.0. The van der Waals surface area contributed by atoms with Crippen molar-refractivity contribution in [3.63, 3.8) is 0 Å². The third-order valence-electron chi connectivity index (χ3n) is 4.41. The fraction of sp³-hybridized carbons (Fsp3) is 0.333. The van der Waals surface area contributed by atoms with Gasteiger partial charge in [-0.15, -0.1) is 40.0 Å². The molecule has 2 amide bonds. The number of rotatable bonds is 7. The smallest absolute Gasteiger partial charge is 0.352 e. The van der Waals surface area contributed by atoms with Gasteiger partial charge in [0.25, 0.3) is 11.8 Å². The van der Waals surface area contributed by atoms with Gasteiger partial charge in [-0.2, -0.15) is 0 Å². The number of nitrogen functional groups attached to an aromatic ring is 1. The first-order valence-corrected chi connectivity index (χ1v) is 11.4. The highest BCUT2D eigenvalue weighted by Gasteiger charge is 2.54. The van der Waals surface area contributed by atoms with E-state index in [2.05, 4.69) is 25.7 Å². The molecule has 2 aromatic rings. The lowest BCUT2D eigenvalue weighted by Crippen LogP contribution is -2.70. The number of β-lactam (4-membered cyclic amide) rings is 1. The van der Waals surface area contributed by atoms with Gasteiger partial charge in [0.1, 0.15) is 22.1 Å². The molecule has 4 heterocycles.